The number of hydrogen-bond acceptors (Lipinski definition) is 4. The highest BCUT2D eigenvalue weighted by Gasteiger charge is 2.51. The smallest absolute Gasteiger partial charge is 0.271 e. The number of amides is 1. The molecule has 0 aliphatic carbocycles. The van der Waals surface area contributed by atoms with Gasteiger partial charge in [0.2, 0.25) is 6.10 Å². The maximum Gasteiger partial charge on any atom is 0.271 e. The summed E-state index contributed by atoms with van der Waals surface area (Å²) in [5, 5.41) is 0. The molecule has 1 fully saturated rings. The molecule has 2 heterocycles. The van der Waals surface area contributed by atoms with Crippen molar-refractivity contribution in [1.82, 2.24) is 0 Å². The second-order valence-electron chi connectivity index (χ2n) is 5.76. The van der Waals surface area contributed by atoms with Gasteiger partial charge in [0, 0.05) is 11.3 Å². The molecular weight excluding hydrogens is 318 g/mol. The summed E-state index contributed by atoms with van der Waals surface area (Å²) < 4.78 is 16.3. The molecule has 0 spiro atoms. The lowest BCUT2D eigenvalue weighted by molar-refractivity contribution is -0.135. The molecule has 2 aromatic carbocycles. The van der Waals surface area contributed by atoms with E-state index in [0.717, 1.165) is 17.0 Å². The van der Waals surface area contributed by atoms with Gasteiger partial charge in [0.15, 0.2) is 0 Å². The van der Waals surface area contributed by atoms with E-state index in [1.165, 1.54) is 0 Å². The van der Waals surface area contributed by atoms with Crippen LogP contribution in [0, 0.1) is 0 Å². The van der Waals surface area contributed by atoms with Crippen LogP contribution in [0.3, 0.4) is 0 Å². The van der Waals surface area contributed by atoms with E-state index in [9.17, 15) is 4.79 Å². The molecule has 4 rings (SSSR count). The largest absolute Gasteiger partial charge is 0.497 e. The summed E-state index contributed by atoms with van der Waals surface area (Å²) in [6.45, 7) is 0. The Morgan fingerprint density at radius 3 is 2.36 bits per heavy atom. The van der Waals surface area contributed by atoms with E-state index in [1.54, 1.807) is 24.5 Å². The van der Waals surface area contributed by atoms with Crippen LogP contribution in [0.1, 0.15) is 11.6 Å². The third-order valence-electron chi connectivity index (χ3n) is 4.29. The van der Waals surface area contributed by atoms with Gasteiger partial charge in [0.25, 0.3) is 5.91 Å². The van der Waals surface area contributed by atoms with Gasteiger partial charge in [0.1, 0.15) is 17.5 Å². The molecule has 0 bridgehead atoms. The van der Waals surface area contributed by atoms with E-state index < -0.39 is 6.10 Å². The van der Waals surface area contributed by atoms with E-state index in [0.29, 0.717) is 5.75 Å². The molecular formula is C20H17NO4. The SMILES string of the molecule is COc1ccc(N2C(=O)[C@@H](Oc3ccccc3)[C@H]2c2ccoc2)cc1. The van der Waals surface area contributed by atoms with Crippen LogP contribution in [0.5, 0.6) is 11.5 Å². The van der Waals surface area contributed by atoms with Crippen LogP contribution in [0.4, 0.5) is 5.69 Å². The average Bonchev–Trinajstić information content (AvgIpc) is 3.19. The Bertz CT molecular complexity index is 843. The number of benzene rings is 2. The number of carbonyl (C=O) groups excluding carboxylic acids is 1. The number of β-lactam (4-membered cyclic amide) rings is 1. The van der Waals surface area contributed by atoms with Crippen molar-refractivity contribution in [3.05, 3.63) is 78.8 Å². The van der Waals surface area contributed by atoms with Gasteiger partial charge < -0.3 is 13.9 Å². The number of rotatable bonds is 5. The molecule has 0 unspecified atom stereocenters. The van der Waals surface area contributed by atoms with Gasteiger partial charge in [-0.15, -0.1) is 0 Å². The molecule has 3 aromatic rings. The van der Waals surface area contributed by atoms with Gasteiger partial charge in [-0.2, -0.15) is 0 Å². The molecule has 1 saturated heterocycles. The van der Waals surface area contributed by atoms with Gasteiger partial charge >= 0.3 is 0 Å². The number of hydrogen-bond donors (Lipinski definition) is 0. The molecule has 1 aliphatic heterocycles. The number of nitrogens with zero attached hydrogens (tertiary/aromatic N) is 1. The second-order valence-corrected chi connectivity index (χ2v) is 5.76. The van der Waals surface area contributed by atoms with Crippen LogP contribution < -0.4 is 14.4 Å². The minimum absolute atomic E-state index is 0.0831. The first kappa shape index (κ1) is 15.3. The number of methoxy groups -OCH3 is 1. The fourth-order valence-corrected chi connectivity index (χ4v) is 3.02. The highest BCUT2D eigenvalue weighted by atomic mass is 16.5. The van der Waals surface area contributed by atoms with Crippen LogP contribution in [0.25, 0.3) is 0 Å². The van der Waals surface area contributed by atoms with Crippen molar-refractivity contribution in [3.63, 3.8) is 0 Å². The summed E-state index contributed by atoms with van der Waals surface area (Å²) in [6.07, 6.45) is 2.67. The minimum atomic E-state index is -0.581. The van der Waals surface area contributed by atoms with Gasteiger partial charge in [-0.1, -0.05) is 18.2 Å². The Morgan fingerprint density at radius 2 is 1.72 bits per heavy atom. The number of para-hydroxylation sites is 1. The first-order chi connectivity index (χ1) is 12.3. The fraction of sp³-hybridized carbons (Fsp3) is 0.150. The zero-order valence-corrected chi connectivity index (χ0v) is 13.7. The quantitative estimate of drug-likeness (QED) is 0.665. The molecule has 0 N–H and O–H groups in total. The molecule has 1 aromatic heterocycles. The summed E-state index contributed by atoms with van der Waals surface area (Å²) >= 11 is 0. The summed E-state index contributed by atoms with van der Waals surface area (Å²) in [4.78, 5) is 14.5. The standard InChI is InChI=1S/C20H17NO4/c1-23-16-9-7-15(8-10-16)21-18(14-11-12-24-13-14)19(20(21)22)25-17-5-3-2-4-6-17/h2-13,18-19H,1H3/t18-,19+/m1/s1. The average molecular weight is 335 g/mol. The molecule has 2 atom stereocenters. The fourth-order valence-electron chi connectivity index (χ4n) is 3.02. The minimum Gasteiger partial charge on any atom is -0.497 e. The summed E-state index contributed by atoms with van der Waals surface area (Å²) in [6, 6.07) is 18.4. The molecule has 5 nitrogen and oxygen atoms in total. The number of carbonyl (C=O) groups is 1. The predicted octanol–water partition coefficient (Wildman–Crippen LogP) is 3.82. The number of ether oxygens (including phenoxy) is 2. The van der Waals surface area contributed by atoms with Crippen LogP contribution in [-0.2, 0) is 4.79 Å². The third kappa shape index (κ3) is 2.74. The van der Waals surface area contributed by atoms with Crippen molar-refractivity contribution in [2.24, 2.45) is 0 Å². The summed E-state index contributed by atoms with van der Waals surface area (Å²) in [5.74, 6) is 1.33. The van der Waals surface area contributed by atoms with Gasteiger partial charge in [-0.05, 0) is 42.5 Å². The van der Waals surface area contributed by atoms with Crippen LogP contribution in [0.2, 0.25) is 0 Å². The molecule has 0 radical (unpaired) electrons. The topological polar surface area (TPSA) is 51.9 Å². The van der Waals surface area contributed by atoms with E-state index >= 15 is 0 Å². The van der Waals surface area contributed by atoms with Crippen molar-refractivity contribution < 1.29 is 18.7 Å². The molecule has 5 heteroatoms. The second kappa shape index (κ2) is 6.36. The van der Waals surface area contributed by atoms with Crippen molar-refractivity contribution in [2.45, 2.75) is 12.1 Å². The third-order valence-corrected chi connectivity index (χ3v) is 4.29. The Balaban J connectivity index is 1.64. The monoisotopic (exact) mass is 335 g/mol. The van der Waals surface area contributed by atoms with E-state index in [1.807, 2.05) is 60.7 Å². The van der Waals surface area contributed by atoms with E-state index in [2.05, 4.69) is 0 Å². The zero-order valence-electron chi connectivity index (χ0n) is 13.7. The zero-order chi connectivity index (χ0) is 17.2. The molecule has 0 saturated carbocycles. The lowest BCUT2D eigenvalue weighted by Gasteiger charge is -2.46. The number of anilines is 1. The normalized spacial score (nSPS) is 19.4. The molecule has 1 amide bonds. The highest BCUT2D eigenvalue weighted by Crippen LogP contribution is 2.41. The maximum atomic E-state index is 12.8. The van der Waals surface area contributed by atoms with E-state index in [4.69, 9.17) is 13.9 Å². The van der Waals surface area contributed by atoms with Crippen LogP contribution in [0.15, 0.2) is 77.6 Å². The van der Waals surface area contributed by atoms with Crippen LogP contribution in [-0.4, -0.2) is 19.1 Å². The Hall–Kier alpha value is -3.21. The Labute approximate surface area is 145 Å². The van der Waals surface area contributed by atoms with Crippen molar-refractivity contribution >= 4 is 11.6 Å². The summed E-state index contributed by atoms with van der Waals surface area (Å²) in [7, 11) is 1.61. The Morgan fingerprint density at radius 1 is 0.960 bits per heavy atom. The molecule has 126 valence electrons. The highest BCUT2D eigenvalue weighted by molar-refractivity contribution is 6.05. The molecule has 1 aliphatic rings. The van der Waals surface area contributed by atoms with Crippen molar-refractivity contribution in [2.75, 3.05) is 12.0 Å². The lowest BCUT2D eigenvalue weighted by Crippen LogP contribution is -2.61. The predicted molar refractivity (Wildman–Crippen MR) is 92.8 cm³/mol. The number of furan rings is 1. The van der Waals surface area contributed by atoms with E-state index in [-0.39, 0.29) is 11.9 Å². The Kier molecular flexibility index (Phi) is 3.90. The van der Waals surface area contributed by atoms with Gasteiger partial charge in [-0.3, -0.25) is 9.69 Å². The van der Waals surface area contributed by atoms with Crippen molar-refractivity contribution in [3.8, 4) is 11.5 Å². The van der Waals surface area contributed by atoms with Crippen LogP contribution >= 0.6 is 0 Å². The lowest BCUT2D eigenvalue weighted by atomic mass is 9.91. The maximum absolute atomic E-state index is 12.8. The first-order valence-corrected chi connectivity index (χ1v) is 7.99. The molecule has 25 heavy (non-hydrogen) atoms. The van der Waals surface area contributed by atoms with Gasteiger partial charge in [-0.25, -0.2) is 0 Å². The van der Waals surface area contributed by atoms with Crippen molar-refractivity contribution in [1.29, 1.82) is 0 Å². The van der Waals surface area contributed by atoms with Gasteiger partial charge in [0.05, 0.1) is 19.6 Å². The first-order valence-electron chi connectivity index (χ1n) is 7.99. The summed E-state index contributed by atoms with van der Waals surface area (Å²) in [5.41, 5.74) is 1.70.